The van der Waals surface area contributed by atoms with Gasteiger partial charge in [0.2, 0.25) is 0 Å². The van der Waals surface area contributed by atoms with Crippen LogP contribution < -0.4 is 14.8 Å². The van der Waals surface area contributed by atoms with Crippen molar-refractivity contribution >= 4 is 12.4 Å². The molecule has 0 aliphatic carbocycles. The first-order valence-electron chi connectivity index (χ1n) is 8.15. The summed E-state index contributed by atoms with van der Waals surface area (Å²) in [7, 11) is 1.64. The summed E-state index contributed by atoms with van der Waals surface area (Å²) in [6.07, 6.45) is 0. The van der Waals surface area contributed by atoms with E-state index in [-0.39, 0.29) is 24.6 Å². The Balaban J connectivity index is 0.00000312. The van der Waals surface area contributed by atoms with Crippen LogP contribution in [0, 0.1) is 6.92 Å². The Morgan fingerprint density at radius 1 is 1.04 bits per heavy atom. The third-order valence-corrected chi connectivity index (χ3v) is 3.87. The van der Waals surface area contributed by atoms with Crippen LogP contribution in [0.3, 0.4) is 0 Å². The molecule has 0 amide bonds. The second-order valence-electron chi connectivity index (χ2n) is 6.66. The van der Waals surface area contributed by atoms with Crippen LogP contribution in [0.4, 0.5) is 0 Å². The van der Waals surface area contributed by atoms with E-state index < -0.39 is 0 Å². The number of benzene rings is 2. The predicted molar refractivity (Wildman–Crippen MR) is 104 cm³/mol. The molecule has 0 spiro atoms. The standard InChI is InChI=1S/C20H27NO3.ClH/c1-15-6-5-7-17(10-15)13-24-18-9-8-16(11-19(18)23-4)12-21-20(2,3)14-22;/h5-11,21-22H,12-14H2,1-4H3;1H. The predicted octanol–water partition coefficient (Wildman–Crippen LogP) is 3.86. The Hall–Kier alpha value is -1.75. The summed E-state index contributed by atoms with van der Waals surface area (Å²) in [6.45, 7) is 7.24. The number of hydrogen-bond donors (Lipinski definition) is 2. The first-order valence-corrected chi connectivity index (χ1v) is 8.15. The van der Waals surface area contributed by atoms with Gasteiger partial charge in [-0.2, -0.15) is 0 Å². The van der Waals surface area contributed by atoms with Gasteiger partial charge in [0.05, 0.1) is 13.7 Å². The molecule has 2 aromatic rings. The van der Waals surface area contributed by atoms with Gasteiger partial charge in [-0.3, -0.25) is 0 Å². The topological polar surface area (TPSA) is 50.7 Å². The van der Waals surface area contributed by atoms with Crippen LogP contribution in [0.2, 0.25) is 0 Å². The number of hydrogen-bond acceptors (Lipinski definition) is 4. The number of rotatable bonds is 8. The van der Waals surface area contributed by atoms with E-state index in [0.29, 0.717) is 18.9 Å². The molecule has 2 N–H and O–H groups in total. The number of aryl methyl sites for hydroxylation is 1. The normalized spacial score (nSPS) is 10.9. The molecule has 0 bridgehead atoms. The molecule has 0 saturated carbocycles. The van der Waals surface area contributed by atoms with Crippen LogP contribution in [0.1, 0.15) is 30.5 Å². The summed E-state index contributed by atoms with van der Waals surface area (Å²) in [5.41, 5.74) is 3.12. The van der Waals surface area contributed by atoms with Crippen LogP contribution in [0.15, 0.2) is 42.5 Å². The lowest BCUT2D eigenvalue weighted by Crippen LogP contribution is -2.42. The minimum absolute atomic E-state index is 0. The second-order valence-corrected chi connectivity index (χ2v) is 6.66. The highest BCUT2D eigenvalue weighted by Crippen LogP contribution is 2.29. The molecule has 0 heterocycles. The van der Waals surface area contributed by atoms with Gasteiger partial charge >= 0.3 is 0 Å². The number of aliphatic hydroxyl groups excluding tert-OH is 1. The van der Waals surface area contributed by atoms with Crippen molar-refractivity contribution in [3.63, 3.8) is 0 Å². The van der Waals surface area contributed by atoms with E-state index in [1.54, 1.807) is 7.11 Å². The maximum absolute atomic E-state index is 9.31. The summed E-state index contributed by atoms with van der Waals surface area (Å²) >= 11 is 0. The van der Waals surface area contributed by atoms with Gasteiger partial charge in [0.1, 0.15) is 6.61 Å². The van der Waals surface area contributed by atoms with Crippen LogP contribution in [-0.2, 0) is 13.2 Å². The summed E-state index contributed by atoms with van der Waals surface area (Å²) < 4.78 is 11.4. The van der Waals surface area contributed by atoms with Gasteiger partial charge in [0, 0.05) is 12.1 Å². The number of ether oxygens (including phenoxy) is 2. The van der Waals surface area contributed by atoms with E-state index in [1.807, 2.05) is 38.1 Å². The van der Waals surface area contributed by atoms with Crippen molar-refractivity contribution in [2.45, 2.75) is 39.5 Å². The Morgan fingerprint density at radius 3 is 2.44 bits per heavy atom. The lowest BCUT2D eigenvalue weighted by Gasteiger charge is -2.23. The SMILES string of the molecule is COc1cc(CNC(C)(C)CO)ccc1OCc1cccc(C)c1.Cl. The lowest BCUT2D eigenvalue weighted by atomic mass is 10.1. The molecular weight excluding hydrogens is 338 g/mol. The monoisotopic (exact) mass is 365 g/mol. The summed E-state index contributed by atoms with van der Waals surface area (Å²) in [5, 5.41) is 12.6. The Labute approximate surface area is 156 Å². The molecule has 0 aromatic heterocycles. The van der Waals surface area contributed by atoms with E-state index >= 15 is 0 Å². The van der Waals surface area contributed by atoms with E-state index in [4.69, 9.17) is 9.47 Å². The smallest absolute Gasteiger partial charge is 0.161 e. The van der Waals surface area contributed by atoms with Gasteiger partial charge in [0.15, 0.2) is 11.5 Å². The molecule has 5 heteroatoms. The van der Waals surface area contributed by atoms with Crippen molar-refractivity contribution < 1.29 is 14.6 Å². The van der Waals surface area contributed by atoms with Crippen molar-refractivity contribution in [3.8, 4) is 11.5 Å². The summed E-state index contributed by atoms with van der Waals surface area (Å²) in [6, 6.07) is 14.2. The molecule has 0 fully saturated rings. The van der Waals surface area contributed by atoms with Gasteiger partial charge < -0.3 is 19.9 Å². The molecule has 2 aromatic carbocycles. The maximum Gasteiger partial charge on any atom is 0.161 e. The molecule has 0 unspecified atom stereocenters. The third kappa shape index (κ3) is 6.58. The fourth-order valence-corrected chi connectivity index (χ4v) is 2.30. The molecule has 25 heavy (non-hydrogen) atoms. The molecule has 138 valence electrons. The maximum atomic E-state index is 9.31. The van der Waals surface area contributed by atoms with Crippen LogP contribution >= 0.6 is 12.4 Å². The van der Waals surface area contributed by atoms with Crippen LogP contribution in [0.25, 0.3) is 0 Å². The first-order chi connectivity index (χ1) is 11.4. The molecule has 0 atom stereocenters. The van der Waals surface area contributed by atoms with Gasteiger partial charge in [0.25, 0.3) is 0 Å². The minimum Gasteiger partial charge on any atom is -0.493 e. The van der Waals surface area contributed by atoms with Crippen molar-refractivity contribution in [1.29, 1.82) is 0 Å². The molecule has 0 radical (unpaired) electrons. The van der Waals surface area contributed by atoms with E-state index in [9.17, 15) is 5.11 Å². The highest BCUT2D eigenvalue weighted by Gasteiger charge is 2.15. The summed E-state index contributed by atoms with van der Waals surface area (Å²) in [5.74, 6) is 1.44. The molecule has 0 saturated heterocycles. The van der Waals surface area contributed by atoms with Crippen molar-refractivity contribution in [1.82, 2.24) is 5.32 Å². The van der Waals surface area contributed by atoms with E-state index in [0.717, 1.165) is 16.9 Å². The van der Waals surface area contributed by atoms with Gasteiger partial charge in [-0.05, 0) is 44.0 Å². The molecular formula is C20H28ClNO3. The highest BCUT2D eigenvalue weighted by molar-refractivity contribution is 5.85. The molecule has 0 aliphatic heterocycles. The number of halogens is 1. The number of methoxy groups -OCH3 is 1. The van der Waals surface area contributed by atoms with Crippen molar-refractivity contribution in [2.24, 2.45) is 0 Å². The lowest BCUT2D eigenvalue weighted by molar-refractivity contribution is 0.187. The zero-order valence-electron chi connectivity index (χ0n) is 15.3. The molecule has 0 aliphatic rings. The average Bonchev–Trinajstić information content (AvgIpc) is 2.58. The average molecular weight is 366 g/mol. The zero-order chi connectivity index (χ0) is 17.6. The third-order valence-electron chi connectivity index (χ3n) is 3.87. The Morgan fingerprint density at radius 2 is 1.80 bits per heavy atom. The van der Waals surface area contributed by atoms with Crippen molar-refractivity contribution in [2.75, 3.05) is 13.7 Å². The number of aliphatic hydroxyl groups is 1. The fraction of sp³-hybridized carbons (Fsp3) is 0.400. The quantitative estimate of drug-likeness (QED) is 0.745. The second kappa shape index (κ2) is 9.66. The Kier molecular flexibility index (Phi) is 8.23. The summed E-state index contributed by atoms with van der Waals surface area (Å²) in [4.78, 5) is 0. The van der Waals surface area contributed by atoms with E-state index in [2.05, 4.69) is 30.4 Å². The first kappa shape index (κ1) is 21.3. The zero-order valence-corrected chi connectivity index (χ0v) is 16.2. The highest BCUT2D eigenvalue weighted by atomic mass is 35.5. The molecule has 4 nitrogen and oxygen atoms in total. The van der Waals surface area contributed by atoms with Crippen molar-refractivity contribution in [3.05, 3.63) is 59.2 Å². The largest absolute Gasteiger partial charge is 0.493 e. The fourth-order valence-electron chi connectivity index (χ4n) is 2.30. The van der Waals surface area contributed by atoms with Gasteiger partial charge in [-0.15, -0.1) is 12.4 Å². The molecule has 2 rings (SSSR count). The Bertz CT molecular complexity index is 674. The van der Waals surface area contributed by atoms with E-state index in [1.165, 1.54) is 5.56 Å². The number of nitrogens with one attached hydrogen (secondary N) is 1. The van der Waals surface area contributed by atoms with Gasteiger partial charge in [-0.25, -0.2) is 0 Å². The van der Waals surface area contributed by atoms with Gasteiger partial charge in [-0.1, -0.05) is 35.9 Å². The van der Waals surface area contributed by atoms with Crippen LogP contribution in [0.5, 0.6) is 11.5 Å². The van der Waals surface area contributed by atoms with Crippen LogP contribution in [-0.4, -0.2) is 24.4 Å². The minimum atomic E-state index is -0.312.